The van der Waals surface area contributed by atoms with E-state index in [0.717, 1.165) is 41.4 Å². The Balaban J connectivity index is 1.51. The van der Waals surface area contributed by atoms with Crippen LogP contribution in [0.5, 0.6) is 5.75 Å². The molecule has 0 radical (unpaired) electrons. The van der Waals surface area contributed by atoms with Gasteiger partial charge in [0.05, 0.1) is 6.04 Å². The standard InChI is InChI=1S/C24H32N2O2/c1-17-12-14-26(15-13-17)22-10-8-21(9-11-22)20(4)25-24(27)16-28-23-7-5-6-18(2)19(23)3/h5-11,17,20H,12-16H2,1-4H3,(H,25,27)/t20-/m0/s1. The Labute approximate surface area is 168 Å². The molecule has 1 N–H and O–H groups in total. The van der Waals surface area contributed by atoms with E-state index in [2.05, 4.69) is 41.4 Å². The first-order valence-corrected chi connectivity index (χ1v) is 10.3. The number of ether oxygens (including phenoxy) is 1. The zero-order valence-electron chi connectivity index (χ0n) is 17.5. The third-order valence-electron chi connectivity index (χ3n) is 5.83. The molecule has 0 bridgehead atoms. The summed E-state index contributed by atoms with van der Waals surface area (Å²) in [4.78, 5) is 14.7. The molecular weight excluding hydrogens is 348 g/mol. The van der Waals surface area contributed by atoms with Crippen molar-refractivity contribution in [1.29, 1.82) is 0 Å². The van der Waals surface area contributed by atoms with Crippen LogP contribution in [0.15, 0.2) is 42.5 Å². The van der Waals surface area contributed by atoms with Gasteiger partial charge in [-0.15, -0.1) is 0 Å². The van der Waals surface area contributed by atoms with E-state index in [1.54, 1.807) is 0 Å². The topological polar surface area (TPSA) is 41.6 Å². The number of anilines is 1. The smallest absolute Gasteiger partial charge is 0.258 e. The molecular formula is C24H32N2O2. The minimum atomic E-state index is -0.109. The molecule has 2 aromatic carbocycles. The number of piperidine rings is 1. The maximum Gasteiger partial charge on any atom is 0.258 e. The number of amides is 1. The van der Waals surface area contributed by atoms with Gasteiger partial charge in [-0.25, -0.2) is 0 Å². The lowest BCUT2D eigenvalue weighted by Crippen LogP contribution is -2.33. The van der Waals surface area contributed by atoms with Crippen LogP contribution < -0.4 is 15.0 Å². The number of aryl methyl sites for hydroxylation is 1. The Morgan fingerprint density at radius 1 is 1.14 bits per heavy atom. The lowest BCUT2D eigenvalue weighted by molar-refractivity contribution is -0.123. The first-order valence-electron chi connectivity index (χ1n) is 10.3. The van der Waals surface area contributed by atoms with Crippen molar-refractivity contribution in [2.24, 2.45) is 5.92 Å². The summed E-state index contributed by atoms with van der Waals surface area (Å²) in [6.07, 6.45) is 2.52. The fourth-order valence-electron chi connectivity index (χ4n) is 3.63. The van der Waals surface area contributed by atoms with Gasteiger partial charge in [0.2, 0.25) is 0 Å². The van der Waals surface area contributed by atoms with E-state index in [1.807, 2.05) is 39.0 Å². The van der Waals surface area contributed by atoms with Gasteiger partial charge in [-0.1, -0.05) is 31.2 Å². The largest absolute Gasteiger partial charge is 0.483 e. The van der Waals surface area contributed by atoms with Crippen molar-refractivity contribution in [2.75, 3.05) is 24.6 Å². The quantitative estimate of drug-likeness (QED) is 0.783. The Morgan fingerprint density at radius 2 is 1.82 bits per heavy atom. The average molecular weight is 381 g/mol. The Hall–Kier alpha value is -2.49. The monoisotopic (exact) mass is 380 g/mol. The zero-order chi connectivity index (χ0) is 20.1. The van der Waals surface area contributed by atoms with Crippen LogP contribution in [0.2, 0.25) is 0 Å². The van der Waals surface area contributed by atoms with E-state index in [4.69, 9.17) is 4.74 Å². The molecule has 1 atom stereocenters. The summed E-state index contributed by atoms with van der Waals surface area (Å²) in [5, 5.41) is 3.03. The summed E-state index contributed by atoms with van der Waals surface area (Å²) in [6, 6.07) is 14.4. The van der Waals surface area contributed by atoms with Crippen molar-refractivity contribution >= 4 is 11.6 Å². The van der Waals surface area contributed by atoms with E-state index < -0.39 is 0 Å². The number of hydrogen-bond acceptors (Lipinski definition) is 3. The highest BCUT2D eigenvalue weighted by atomic mass is 16.5. The van der Waals surface area contributed by atoms with E-state index in [0.29, 0.717) is 0 Å². The third-order valence-corrected chi connectivity index (χ3v) is 5.83. The summed E-state index contributed by atoms with van der Waals surface area (Å²) in [5.41, 5.74) is 4.61. The van der Waals surface area contributed by atoms with Crippen LogP contribution in [0.3, 0.4) is 0 Å². The van der Waals surface area contributed by atoms with Crippen molar-refractivity contribution in [3.63, 3.8) is 0 Å². The molecule has 1 aliphatic rings. The molecule has 4 heteroatoms. The maximum absolute atomic E-state index is 12.3. The van der Waals surface area contributed by atoms with Crippen LogP contribution in [0.1, 0.15) is 49.4 Å². The lowest BCUT2D eigenvalue weighted by atomic mass is 9.98. The first kappa shape index (κ1) is 20.2. The Morgan fingerprint density at radius 3 is 2.50 bits per heavy atom. The van der Waals surface area contributed by atoms with Crippen LogP contribution in [0, 0.1) is 19.8 Å². The van der Waals surface area contributed by atoms with Gasteiger partial charge in [-0.3, -0.25) is 4.79 Å². The molecule has 3 rings (SSSR count). The number of rotatable bonds is 6. The molecule has 0 aromatic heterocycles. The van der Waals surface area contributed by atoms with Gasteiger partial charge < -0.3 is 15.0 Å². The second-order valence-electron chi connectivity index (χ2n) is 8.04. The molecule has 1 fully saturated rings. The van der Waals surface area contributed by atoms with Crippen LogP contribution in [0.25, 0.3) is 0 Å². The van der Waals surface area contributed by atoms with Crippen LogP contribution in [-0.2, 0) is 4.79 Å². The van der Waals surface area contributed by atoms with Crippen molar-refractivity contribution < 1.29 is 9.53 Å². The predicted octanol–water partition coefficient (Wildman–Crippen LogP) is 4.80. The van der Waals surface area contributed by atoms with Gasteiger partial charge >= 0.3 is 0 Å². The van der Waals surface area contributed by atoms with Crippen LogP contribution in [0.4, 0.5) is 5.69 Å². The first-order chi connectivity index (χ1) is 13.4. The van der Waals surface area contributed by atoms with Gasteiger partial charge in [0.1, 0.15) is 5.75 Å². The molecule has 1 saturated heterocycles. The highest BCUT2D eigenvalue weighted by Crippen LogP contribution is 2.25. The average Bonchev–Trinajstić information content (AvgIpc) is 2.70. The maximum atomic E-state index is 12.3. The Kier molecular flexibility index (Phi) is 6.61. The van der Waals surface area contributed by atoms with Gasteiger partial charge in [0, 0.05) is 18.8 Å². The second-order valence-corrected chi connectivity index (χ2v) is 8.04. The minimum absolute atomic E-state index is 0.0265. The lowest BCUT2D eigenvalue weighted by Gasteiger charge is -2.32. The molecule has 0 unspecified atom stereocenters. The molecule has 2 aromatic rings. The molecule has 150 valence electrons. The number of carbonyl (C=O) groups is 1. The van der Waals surface area contributed by atoms with E-state index >= 15 is 0 Å². The van der Waals surface area contributed by atoms with E-state index in [9.17, 15) is 4.79 Å². The number of benzene rings is 2. The predicted molar refractivity (Wildman–Crippen MR) is 115 cm³/mol. The third kappa shape index (κ3) is 5.06. The number of nitrogens with one attached hydrogen (secondary N) is 1. The second kappa shape index (κ2) is 9.13. The zero-order valence-corrected chi connectivity index (χ0v) is 17.5. The molecule has 4 nitrogen and oxygen atoms in total. The molecule has 0 aliphatic carbocycles. The fraction of sp³-hybridized carbons (Fsp3) is 0.458. The van der Waals surface area contributed by atoms with E-state index in [1.165, 1.54) is 18.5 Å². The van der Waals surface area contributed by atoms with E-state index in [-0.39, 0.29) is 18.6 Å². The summed E-state index contributed by atoms with van der Waals surface area (Å²) in [5.74, 6) is 1.49. The molecule has 0 spiro atoms. The van der Waals surface area contributed by atoms with Gasteiger partial charge in [0.15, 0.2) is 6.61 Å². The molecule has 1 heterocycles. The number of carbonyl (C=O) groups excluding carboxylic acids is 1. The number of nitrogens with zero attached hydrogens (tertiary/aromatic N) is 1. The number of hydrogen-bond donors (Lipinski definition) is 1. The molecule has 28 heavy (non-hydrogen) atoms. The fourth-order valence-corrected chi connectivity index (χ4v) is 3.63. The molecule has 1 aliphatic heterocycles. The molecule has 1 amide bonds. The van der Waals surface area contributed by atoms with Crippen molar-refractivity contribution in [3.8, 4) is 5.75 Å². The van der Waals surface area contributed by atoms with Crippen molar-refractivity contribution in [2.45, 2.75) is 46.6 Å². The summed E-state index contributed by atoms with van der Waals surface area (Å²) in [7, 11) is 0. The van der Waals surface area contributed by atoms with Gasteiger partial charge in [-0.05, 0) is 74.4 Å². The van der Waals surface area contributed by atoms with Crippen LogP contribution in [-0.4, -0.2) is 25.6 Å². The normalized spacial score (nSPS) is 15.9. The van der Waals surface area contributed by atoms with Gasteiger partial charge in [-0.2, -0.15) is 0 Å². The van der Waals surface area contributed by atoms with Crippen LogP contribution >= 0.6 is 0 Å². The summed E-state index contributed by atoms with van der Waals surface area (Å²) in [6.45, 7) is 10.7. The van der Waals surface area contributed by atoms with Crippen molar-refractivity contribution in [1.82, 2.24) is 5.32 Å². The SMILES string of the molecule is Cc1cccc(OCC(=O)N[C@@H](C)c2ccc(N3CCC(C)CC3)cc2)c1C. The molecule has 0 saturated carbocycles. The summed E-state index contributed by atoms with van der Waals surface area (Å²) >= 11 is 0. The Bertz CT molecular complexity index is 793. The highest BCUT2D eigenvalue weighted by molar-refractivity contribution is 5.78. The minimum Gasteiger partial charge on any atom is -0.483 e. The summed E-state index contributed by atoms with van der Waals surface area (Å²) < 4.78 is 5.70. The van der Waals surface area contributed by atoms with Gasteiger partial charge in [0.25, 0.3) is 5.91 Å². The van der Waals surface area contributed by atoms with Crippen molar-refractivity contribution in [3.05, 3.63) is 59.2 Å². The highest BCUT2D eigenvalue weighted by Gasteiger charge is 2.17.